The van der Waals surface area contributed by atoms with E-state index in [2.05, 4.69) is 15.9 Å². The summed E-state index contributed by atoms with van der Waals surface area (Å²) in [4.78, 5) is 12.1. The Bertz CT molecular complexity index is 600. The molecule has 92 valence electrons. The summed E-state index contributed by atoms with van der Waals surface area (Å²) in [6, 6.07) is 8.86. The molecule has 0 saturated heterocycles. The molecule has 0 heterocycles. The van der Waals surface area contributed by atoms with Crippen LogP contribution in [0.15, 0.2) is 40.9 Å². The van der Waals surface area contributed by atoms with Gasteiger partial charge in [0.05, 0.1) is 5.56 Å². The minimum Gasteiger partial charge on any atom is -0.288 e. The molecule has 0 spiro atoms. The van der Waals surface area contributed by atoms with Gasteiger partial charge >= 0.3 is 0 Å². The Morgan fingerprint density at radius 3 is 2.22 bits per heavy atom. The van der Waals surface area contributed by atoms with Crippen LogP contribution in [0.2, 0.25) is 0 Å². The van der Waals surface area contributed by atoms with E-state index in [0.717, 1.165) is 12.1 Å². The van der Waals surface area contributed by atoms with E-state index in [9.17, 15) is 13.6 Å². The number of rotatable bonds is 2. The van der Waals surface area contributed by atoms with Crippen LogP contribution < -0.4 is 0 Å². The van der Waals surface area contributed by atoms with E-state index in [-0.39, 0.29) is 4.47 Å². The molecule has 0 aliphatic rings. The van der Waals surface area contributed by atoms with Crippen LogP contribution in [0.4, 0.5) is 8.78 Å². The summed E-state index contributed by atoms with van der Waals surface area (Å²) in [6.45, 7) is 1.72. The Labute approximate surface area is 112 Å². The van der Waals surface area contributed by atoms with Gasteiger partial charge in [-0.2, -0.15) is 0 Å². The molecule has 0 bridgehead atoms. The van der Waals surface area contributed by atoms with Crippen LogP contribution in [0, 0.1) is 18.6 Å². The molecule has 0 aromatic heterocycles. The van der Waals surface area contributed by atoms with Crippen molar-refractivity contribution >= 4 is 21.7 Å². The summed E-state index contributed by atoms with van der Waals surface area (Å²) in [7, 11) is 0. The number of carbonyl (C=O) groups excluding carboxylic acids is 1. The highest BCUT2D eigenvalue weighted by Crippen LogP contribution is 2.23. The molecule has 0 radical (unpaired) electrons. The fourth-order valence-corrected chi connectivity index (χ4v) is 2.12. The molecule has 0 atom stereocenters. The zero-order chi connectivity index (χ0) is 13.3. The molecule has 0 saturated carbocycles. The van der Waals surface area contributed by atoms with Gasteiger partial charge in [0.2, 0.25) is 0 Å². The predicted molar refractivity (Wildman–Crippen MR) is 68.7 cm³/mol. The third-order valence-corrected chi connectivity index (χ3v) is 3.08. The number of carbonyl (C=O) groups is 1. The molecule has 0 aliphatic carbocycles. The van der Waals surface area contributed by atoms with Crippen LogP contribution in [0.25, 0.3) is 0 Å². The lowest BCUT2D eigenvalue weighted by Crippen LogP contribution is -2.09. The fraction of sp³-hybridized carbons (Fsp3) is 0.0714. The van der Waals surface area contributed by atoms with E-state index in [1.807, 2.05) is 0 Å². The van der Waals surface area contributed by atoms with Gasteiger partial charge in [-0.15, -0.1) is 0 Å². The minimum atomic E-state index is -0.866. The number of hydrogen-bond acceptors (Lipinski definition) is 1. The van der Waals surface area contributed by atoms with Gasteiger partial charge in [0.25, 0.3) is 0 Å². The van der Waals surface area contributed by atoms with Gasteiger partial charge in [-0.1, -0.05) is 40.2 Å². The fourth-order valence-electron chi connectivity index (χ4n) is 1.72. The van der Waals surface area contributed by atoms with E-state index in [1.165, 1.54) is 0 Å². The lowest BCUT2D eigenvalue weighted by atomic mass is 9.98. The Balaban J connectivity index is 2.57. The molecule has 4 heteroatoms. The zero-order valence-electron chi connectivity index (χ0n) is 9.51. The number of aryl methyl sites for hydroxylation is 1. The van der Waals surface area contributed by atoms with Crippen LogP contribution in [0.3, 0.4) is 0 Å². The van der Waals surface area contributed by atoms with Crippen molar-refractivity contribution in [2.75, 3.05) is 0 Å². The second kappa shape index (κ2) is 4.98. The molecule has 0 aliphatic heterocycles. The van der Waals surface area contributed by atoms with Crippen molar-refractivity contribution < 1.29 is 13.6 Å². The lowest BCUT2D eigenvalue weighted by molar-refractivity contribution is 0.103. The normalized spacial score (nSPS) is 10.4. The van der Waals surface area contributed by atoms with Gasteiger partial charge in [-0.05, 0) is 24.6 Å². The quantitative estimate of drug-likeness (QED) is 0.757. The van der Waals surface area contributed by atoms with Crippen molar-refractivity contribution in [3.05, 3.63) is 69.2 Å². The highest BCUT2D eigenvalue weighted by atomic mass is 79.9. The van der Waals surface area contributed by atoms with Crippen molar-refractivity contribution in [1.29, 1.82) is 0 Å². The van der Waals surface area contributed by atoms with E-state index in [0.29, 0.717) is 11.1 Å². The SMILES string of the molecule is Cc1ccccc1C(=O)c1c(F)cc(Br)cc1F. The van der Waals surface area contributed by atoms with Crippen LogP contribution >= 0.6 is 15.9 Å². The van der Waals surface area contributed by atoms with Crippen LogP contribution in [-0.4, -0.2) is 5.78 Å². The van der Waals surface area contributed by atoms with Crippen molar-refractivity contribution in [1.82, 2.24) is 0 Å². The zero-order valence-corrected chi connectivity index (χ0v) is 11.1. The van der Waals surface area contributed by atoms with Gasteiger partial charge in [0.1, 0.15) is 11.6 Å². The molecule has 0 fully saturated rings. The first kappa shape index (κ1) is 12.9. The van der Waals surface area contributed by atoms with Gasteiger partial charge in [-0.3, -0.25) is 4.79 Å². The van der Waals surface area contributed by atoms with Crippen molar-refractivity contribution in [3.8, 4) is 0 Å². The molecule has 0 amide bonds. The number of halogens is 3. The Hall–Kier alpha value is -1.55. The first-order chi connectivity index (χ1) is 8.50. The largest absolute Gasteiger partial charge is 0.288 e. The van der Waals surface area contributed by atoms with Crippen molar-refractivity contribution in [3.63, 3.8) is 0 Å². The summed E-state index contributed by atoms with van der Waals surface area (Å²) in [6.07, 6.45) is 0. The molecular formula is C14H9BrF2O. The second-order valence-electron chi connectivity index (χ2n) is 3.89. The summed E-state index contributed by atoms with van der Waals surface area (Å²) >= 11 is 2.98. The summed E-state index contributed by atoms with van der Waals surface area (Å²) < 4.78 is 27.6. The number of ketones is 1. The first-order valence-electron chi connectivity index (χ1n) is 5.25. The third kappa shape index (κ3) is 2.34. The predicted octanol–water partition coefficient (Wildman–Crippen LogP) is 4.27. The van der Waals surface area contributed by atoms with E-state index >= 15 is 0 Å². The van der Waals surface area contributed by atoms with Crippen molar-refractivity contribution in [2.24, 2.45) is 0 Å². The molecule has 2 rings (SSSR count). The maximum Gasteiger partial charge on any atom is 0.199 e. The molecule has 0 unspecified atom stereocenters. The van der Waals surface area contributed by atoms with Gasteiger partial charge in [-0.25, -0.2) is 8.78 Å². The summed E-state index contributed by atoms with van der Waals surface area (Å²) in [5, 5.41) is 0. The van der Waals surface area contributed by atoms with E-state index < -0.39 is 23.0 Å². The second-order valence-corrected chi connectivity index (χ2v) is 4.80. The molecule has 2 aromatic carbocycles. The molecular weight excluding hydrogens is 302 g/mol. The van der Waals surface area contributed by atoms with Gasteiger partial charge < -0.3 is 0 Å². The van der Waals surface area contributed by atoms with E-state index in [4.69, 9.17) is 0 Å². The average molecular weight is 311 g/mol. The topological polar surface area (TPSA) is 17.1 Å². The monoisotopic (exact) mass is 310 g/mol. The molecule has 0 N–H and O–H groups in total. The van der Waals surface area contributed by atoms with Crippen molar-refractivity contribution in [2.45, 2.75) is 6.92 Å². The molecule has 1 nitrogen and oxygen atoms in total. The average Bonchev–Trinajstić information content (AvgIpc) is 2.27. The van der Waals surface area contributed by atoms with E-state index in [1.54, 1.807) is 31.2 Å². The Kier molecular flexibility index (Phi) is 3.57. The smallest absolute Gasteiger partial charge is 0.199 e. The third-order valence-electron chi connectivity index (χ3n) is 2.62. The first-order valence-corrected chi connectivity index (χ1v) is 6.05. The summed E-state index contributed by atoms with van der Waals surface area (Å²) in [5.74, 6) is -2.37. The highest BCUT2D eigenvalue weighted by molar-refractivity contribution is 9.10. The van der Waals surface area contributed by atoms with Crippen LogP contribution in [0.1, 0.15) is 21.5 Å². The Morgan fingerprint density at radius 2 is 1.67 bits per heavy atom. The minimum absolute atomic E-state index is 0.263. The number of hydrogen-bond donors (Lipinski definition) is 0. The Morgan fingerprint density at radius 1 is 1.11 bits per heavy atom. The van der Waals surface area contributed by atoms with Crippen LogP contribution in [-0.2, 0) is 0 Å². The molecule has 2 aromatic rings. The highest BCUT2D eigenvalue weighted by Gasteiger charge is 2.20. The van der Waals surface area contributed by atoms with Gasteiger partial charge in [0, 0.05) is 10.0 Å². The molecule has 18 heavy (non-hydrogen) atoms. The van der Waals surface area contributed by atoms with Crippen LogP contribution in [0.5, 0.6) is 0 Å². The standard InChI is InChI=1S/C14H9BrF2O/c1-8-4-2-3-5-10(8)14(18)13-11(16)6-9(15)7-12(13)17/h2-7H,1H3. The lowest BCUT2D eigenvalue weighted by Gasteiger charge is -2.07. The van der Waals surface area contributed by atoms with Gasteiger partial charge in [0.15, 0.2) is 5.78 Å². The maximum absolute atomic E-state index is 13.7. The number of benzene rings is 2. The summed E-state index contributed by atoms with van der Waals surface area (Å²) in [5.41, 5.74) is 0.467. The maximum atomic E-state index is 13.7.